The summed E-state index contributed by atoms with van der Waals surface area (Å²) in [6.45, 7) is 3.67. The molecular formula is C22H28FN3O4. The lowest BCUT2D eigenvalue weighted by Gasteiger charge is -2.36. The molecule has 7 nitrogen and oxygen atoms in total. The van der Waals surface area contributed by atoms with Gasteiger partial charge in [0, 0.05) is 57.0 Å². The van der Waals surface area contributed by atoms with Crippen molar-refractivity contribution in [3.05, 3.63) is 42.2 Å². The van der Waals surface area contributed by atoms with Gasteiger partial charge in [-0.1, -0.05) is 12.1 Å². The van der Waals surface area contributed by atoms with Crippen molar-refractivity contribution in [3.63, 3.8) is 0 Å². The van der Waals surface area contributed by atoms with Gasteiger partial charge in [0.05, 0.1) is 27.0 Å². The van der Waals surface area contributed by atoms with Crippen LogP contribution in [0, 0.1) is 5.82 Å². The first-order valence-corrected chi connectivity index (χ1v) is 9.87. The van der Waals surface area contributed by atoms with Crippen LogP contribution in [-0.2, 0) is 4.79 Å². The molecular weight excluding hydrogens is 389 g/mol. The van der Waals surface area contributed by atoms with Crippen molar-refractivity contribution >= 4 is 17.3 Å². The van der Waals surface area contributed by atoms with Crippen LogP contribution < -0.4 is 24.4 Å². The van der Waals surface area contributed by atoms with E-state index in [1.54, 1.807) is 24.3 Å². The van der Waals surface area contributed by atoms with Crippen LogP contribution in [-0.4, -0.2) is 64.9 Å². The molecule has 162 valence electrons. The molecule has 0 spiro atoms. The van der Waals surface area contributed by atoms with E-state index in [4.69, 9.17) is 14.2 Å². The van der Waals surface area contributed by atoms with Crippen LogP contribution in [0.5, 0.6) is 17.2 Å². The topological polar surface area (TPSA) is 63.3 Å². The van der Waals surface area contributed by atoms with E-state index in [0.717, 1.165) is 26.2 Å². The minimum atomic E-state index is -0.198. The lowest BCUT2D eigenvalue weighted by Crippen LogP contribution is -2.47. The minimum absolute atomic E-state index is 0.0965. The summed E-state index contributed by atoms with van der Waals surface area (Å²) in [5.74, 6) is 1.15. The summed E-state index contributed by atoms with van der Waals surface area (Å²) in [4.78, 5) is 16.7. The summed E-state index contributed by atoms with van der Waals surface area (Å²) in [7, 11) is 4.60. The largest absolute Gasteiger partial charge is 0.493 e. The average Bonchev–Trinajstić information content (AvgIpc) is 2.77. The Bertz CT molecular complexity index is 844. The van der Waals surface area contributed by atoms with Gasteiger partial charge < -0.3 is 24.4 Å². The van der Waals surface area contributed by atoms with Crippen LogP contribution >= 0.6 is 0 Å². The number of halogens is 1. The molecule has 30 heavy (non-hydrogen) atoms. The van der Waals surface area contributed by atoms with Gasteiger partial charge in [-0.15, -0.1) is 0 Å². The van der Waals surface area contributed by atoms with E-state index in [9.17, 15) is 9.18 Å². The van der Waals surface area contributed by atoms with Gasteiger partial charge in [-0.25, -0.2) is 4.39 Å². The molecule has 2 aromatic carbocycles. The summed E-state index contributed by atoms with van der Waals surface area (Å²) in [5, 5.41) is 2.88. The van der Waals surface area contributed by atoms with Crippen LogP contribution in [0.3, 0.4) is 0 Å². The quantitative estimate of drug-likeness (QED) is 0.713. The number of para-hydroxylation sites is 1. The van der Waals surface area contributed by atoms with Crippen LogP contribution in [0.1, 0.15) is 6.42 Å². The van der Waals surface area contributed by atoms with E-state index in [1.165, 1.54) is 27.4 Å². The number of hydrogen-bond donors (Lipinski definition) is 1. The number of amides is 1. The van der Waals surface area contributed by atoms with Crippen molar-refractivity contribution in [1.82, 2.24) is 4.90 Å². The van der Waals surface area contributed by atoms with Gasteiger partial charge in [0.1, 0.15) is 5.82 Å². The summed E-state index contributed by atoms with van der Waals surface area (Å²) >= 11 is 0. The average molecular weight is 417 g/mol. The van der Waals surface area contributed by atoms with E-state index >= 15 is 0 Å². The predicted octanol–water partition coefficient (Wildman–Crippen LogP) is 3.00. The third kappa shape index (κ3) is 5.13. The Labute approximate surface area is 176 Å². The molecule has 0 aromatic heterocycles. The first kappa shape index (κ1) is 21.7. The van der Waals surface area contributed by atoms with Gasteiger partial charge in [0.25, 0.3) is 0 Å². The number of rotatable bonds is 8. The van der Waals surface area contributed by atoms with Gasteiger partial charge in [-0.05, 0) is 12.1 Å². The van der Waals surface area contributed by atoms with Gasteiger partial charge in [-0.2, -0.15) is 0 Å². The maximum Gasteiger partial charge on any atom is 0.225 e. The molecule has 1 amide bonds. The molecule has 2 aromatic rings. The number of methoxy groups -OCH3 is 3. The van der Waals surface area contributed by atoms with Gasteiger partial charge in [0.15, 0.2) is 11.5 Å². The molecule has 0 saturated carbocycles. The third-order valence-corrected chi connectivity index (χ3v) is 5.17. The number of piperazine rings is 1. The van der Waals surface area contributed by atoms with E-state index in [1.807, 2.05) is 11.0 Å². The Morgan fingerprint density at radius 3 is 2.20 bits per heavy atom. The fourth-order valence-corrected chi connectivity index (χ4v) is 3.56. The van der Waals surface area contributed by atoms with Crippen molar-refractivity contribution in [1.29, 1.82) is 0 Å². The normalized spacial score (nSPS) is 14.3. The van der Waals surface area contributed by atoms with Crippen LogP contribution in [0.2, 0.25) is 0 Å². The number of carbonyl (C=O) groups excluding carboxylic acids is 1. The Hall–Kier alpha value is -3.00. The smallest absolute Gasteiger partial charge is 0.225 e. The Morgan fingerprint density at radius 2 is 1.63 bits per heavy atom. The number of nitrogens with zero attached hydrogens (tertiary/aromatic N) is 2. The number of benzene rings is 2. The number of carbonyl (C=O) groups is 1. The summed E-state index contributed by atoms with van der Waals surface area (Å²) in [5.41, 5.74) is 1.22. The highest BCUT2D eigenvalue weighted by atomic mass is 19.1. The summed E-state index contributed by atoms with van der Waals surface area (Å²) < 4.78 is 29.9. The molecule has 0 radical (unpaired) electrons. The van der Waals surface area contributed by atoms with Gasteiger partial charge >= 0.3 is 0 Å². The summed E-state index contributed by atoms with van der Waals surface area (Å²) in [6, 6.07) is 10.2. The molecule has 1 fully saturated rings. The van der Waals surface area contributed by atoms with Crippen molar-refractivity contribution in [2.45, 2.75) is 6.42 Å². The fraction of sp³-hybridized carbons (Fsp3) is 0.409. The number of ether oxygens (including phenoxy) is 3. The zero-order chi connectivity index (χ0) is 21.5. The molecule has 1 aliphatic rings. The zero-order valence-corrected chi connectivity index (χ0v) is 17.6. The van der Waals surface area contributed by atoms with Crippen LogP contribution in [0.15, 0.2) is 36.4 Å². The standard InChI is InChI=1S/C22H28FN3O4/c1-28-19-14-16(15-20(29-2)22(19)30-3)24-21(27)8-9-25-10-12-26(13-11-25)18-7-5-4-6-17(18)23/h4-7,14-15H,8-13H2,1-3H3,(H,24,27). The lowest BCUT2D eigenvalue weighted by atomic mass is 10.2. The Morgan fingerprint density at radius 1 is 1.00 bits per heavy atom. The number of hydrogen-bond acceptors (Lipinski definition) is 6. The van der Waals surface area contributed by atoms with Gasteiger partial charge in [0.2, 0.25) is 11.7 Å². The molecule has 0 unspecified atom stereocenters. The van der Waals surface area contributed by atoms with Crippen molar-refractivity contribution in [2.24, 2.45) is 0 Å². The first-order valence-electron chi connectivity index (χ1n) is 9.87. The maximum atomic E-state index is 14.0. The highest BCUT2D eigenvalue weighted by Gasteiger charge is 2.20. The minimum Gasteiger partial charge on any atom is -0.493 e. The molecule has 8 heteroatoms. The Balaban J connectivity index is 1.50. The van der Waals surface area contributed by atoms with Crippen molar-refractivity contribution in [2.75, 3.05) is 64.3 Å². The second kappa shape index (κ2) is 10.2. The molecule has 1 N–H and O–H groups in total. The molecule has 0 bridgehead atoms. The number of nitrogens with one attached hydrogen (secondary N) is 1. The fourth-order valence-electron chi connectivity index (χ4n) is 3.56. The first-order chi connectivity index (χ1) is 14.5. The molecule has 1 saturated heterocycles. The molecule has 1 heterocycles. The Kier molecular flexibility index (Phi) is 7.35. The molecule has 0 atom stereocenters. The van der Waals surface area contributed by atoms with E-state index in [0.29, 0.717) is 41.6 Å². The van der Waals surface area contributed by atoms with E-state index in [-0.39, 0.29) is 11.7 Å². The maximum absolute atomic E-state index is 14.0. The van der Waals surface area contributed by atoms with E-state index < -0.39 is 0 Å². The van der Waals surface area contributed by atoms with Crippen molar-refractivity contribution < 1.29 is 23.4 Å². The highest BCUT2D eigenvalue weighted by Crippen LogP contribution is 2.39. The summed E-state index contributed by atoms with van der Waals surface area (Å²) in [6.07, 6.45) is 0.357. The number of anilines is 2. The molecule has 1 aliphatic heterocycles. The zero-order valence-electron chi connectivity index (χ0n) is 17.6. The molecule has 0 aliphatic carbocycles. The SMILES string of the molecule is COc1cc(NC(=O)CCN2CCN(c3ccccc3F)CC2)cc(OC)c1OC. The second-order valence-electron chi connectivity index (χ2n) is 6.99. The van der Waals surface area contributed by atoms with Gasteiger partial charge in [-0.3, -0.25) is 9.69 Å². The van der Waals surface area contributed by atoms with Crippen LogP contribution in [0.4, 0.5) is 15.8 Å². The lowest BCUT2D eigenvalue weighted by molar-refractivity contribution is -0.116. The third-order valence-electron chi connectivity index (χ3n) is 5.17. The van der Waals surface area contributed by atoms with Crippen LogP contribution in [0.25, 0.3) is 0 Å². The monoisotopic (exact) mass is 417 g/mol. The highest BCUT2D eigenvalue weighted by molar-refractivity contribution is 5.91. The van der Waals surface area contributed by atoms with E-state index in [2.05, 4.69) is 10.2 Å². The predicted molar refractivity (Wildman–Crippen MR) is 114 cm³/mol. The second-order valence-corrected chi connectivity index (χ2v) is 6.99. The molecule has 3 rings (SSSR count). The van der Waals surface area contributed by atoms with Crippen molar-refractivity contribution in [3.8, 4) is 17.2 Å².